The summed E-state index contributed by atoms with van der Waals surface area (Å²) in [7, 11) is 0. The molecule has 6 heteroatoms. The Hall–Kier alpha value is -5.20. The number of H-pyrrole nitrogens is 1. The largest absolute Gasteiger partial charge is 0.361 e. The van der Waals surface area contributed by atoms with Gasteiger partial charge < -0.3 is 15.2 Å². The summed E-state index contributed by atoms with van der Waals surface area (Å²) in [5.41, 5.74) is 5.07. The molecular formula is C39H36N4O2. The molecule has 1 unspecified atom stereocenters. The predicted molar refractivity (Wildman–Crippen MR) is 180 cm³/mol. The van der Waals surface area contributed by atoms with Gasteiger partial charge in [-0.15, -0.1) is 0 Å². The molecule has 6 nitrogen and oxygen atoms in total. The average molecular weight is 593 g/mol. The second-order valence-corrected chi connectivity index (χ2v) is 11.7. The van der Waals surface area contributed by atoms with E-state index in [1.54, 1.807) is 0 Å². The number of aromatic nitrogens is 1. The number of nitrogens with one attached hydrogen (secondary N) is 2. The quantitative estimate of drug-likeness (QED) is 0.209. The van der Waals surface area contributed by atoms with Gasteiger partial charge in [0.1, 0.15) is 6.04 Å². The number of para-hydroxylation sites is 1. The van der Waals surface area contributed by atoms with Crippen LogP contribution in [0.15, 0.2) is 134 Å². The van der Waals surface area contributed by atoms with Crippen molar-refractivity contribution in [2.24, 2.45) is 0 Å². The molecule has 1 fully saturated rings. The molecule has 2 amide bonds. The molecule has 1 saturated heterocycles. The minimum absolute atomic E-state index is 0.0514. The van der Waals surface area contributed by atoms with Crippen LogP contribution in [0.5, 0.6) is 0 Å². The maximum absolute atomic E-state index is 14.3. The monoisotopic (exact) mass is 592 g/mol. The lowest BCUT2D eigenvalue weighted by Crippen LogP contribution is -2.56. The molecule has 0 saturated carbocycles. The number of amides is 2. The Bertz CT molecular complexity index is 1880. The van der Waals surface area contributed by atoms with E-state index in [-0.39, 0.29) is 17.9 Å². The highest BCUT2D eigenvalue weighted by molar-refractivity contribution is 6.08. The van der Waals surface area contributed by atoms with Crippen LogP contribution in [0.4, 0.5) is 0 Å². The number of piperazine rings is 1. The fourth-order valence-corrected chi connectivity index (χ4v) is 6.69. The molecular weight excluding hydrogens is 556 g/mol. The Labute approximate surface area is 263 Å². The molecule has 7 rings (SSSR count). The molecule has 0 bridgehead atoms. The third-order valence-electron chi connectivity index (χ3n) is 8.96. The van der Waals surface area contributed by atoms with E-state index in [1.165, 1.54) is 11.1 Å². The first-order valence-corrected chi connectivity index (χ1v) is 15.6. The third-order valence-corrected chi connectivity index (χ3v) is 8.96. The van der Waals surface area contributed by atoms with E-state index in [1.807, 2.05) is 83.9 Å². The zero-order valence-corrected chi connectivity index (χ0v) is 25.1. The summed E-state index contributed by atoms with van der Waals surface area (Å²) in [6, 6.07) is 42.2. The summed E-state index contributed by atoms with van der Waals surface area (Å²) in [6.45, 7) is 2.64. The molecule has 6 aromatic rings. The van der Waals surface area contributed by atoms with Gasteiger partial charge in [-0.05, 0) is 39.6 Å². The molecule has 1 atom stereocenters. The molecule has 5 aromatic carbocycles. The Kier molecular flexibility index (Phi) is 8.13. The minimum Gasteiger partial charge on any atom is -0.361 e. The Balaban J connectivity index is 1.14. The van der Waals surface area contributed by atoms with Crippen LogP contribution in [0.25, 0.3) is 21.7 Å². The lowest BCUT2D eigenvalue weighted by Gasteiger charge is -2.40. The third kappa shape index (κ3) is 5.97. The number of rotatable bonds is 8. The van der Waals surface area contributed by atoms with E-state index in [4.69, 9.17) is 0 Å². The highest BCUT2D eigenvalue weighted by Gasteiger charge is 2.32. The SMILES string of the molecule is O=C(NC(Cc1c[nH]c2ccccc12)C(=O)N1CCN(C(c2ccccc2)c2ccccc2)CC1)c1cccc2ccccc12. The van der Waals surface area contributed by atoms with E-state index >= 15 is 0 Å². The zero-order valence-electron chi connectivity index (χ0n) is 25.1. The van der Waals surface area contributed by atoms with E-state index in [9.17, 15) is 9.59 Å². The molecule has 0 radical (unpaired) electrons. The van der Waals surface area contributed by atoms with Crippen molar-refractivity contribution in [3.63, 3.8) is 0 Å². The van der Waals surface area contributed by atoms with E-state index in [2.05, 4.69) is 69.8 Å². The van der Waals surface area contributed by atoms with Crippen molar-refractivity contribution in [3.05, 3.63) is 156 Å². The van der Waals surface area contributed by atoms with Gasteiger partial charge in [0, 0.05) is 55.3 Å². The molecule has 0 aliphatic carbocycles. The van der Waals surface area contributed by atoms with Crippen molar-refractivity contribution in [2.75, 3.05) is 26.2 Å². The fraction of sp³-hybridized carbons (Fsp3) is 0.179. The number of fused-ring (bicyclic) bond motifs is 2. The van der Waals surface area contributed by atoms with Gasteiger partial charge in [-0.1, -0.05) is 115 Å². The predicted octanol–water partition coefficient (Wildman–Crippen LogP) is 6.60. The Morgan fingerprint density at radius 1 is 0.667 bits per heavy atom. The highest BCUT2D eigenvalue weighted by atomic mass is 16.2. The second kappa shape index (κ2) is 12.8. The highest BCUT2D eigenvalue weighted by Crippen LogP contribution is 2.30. The minimum atomic E-state index is -0.707. The van der Waals surface area contributed by atoms with Crippen LogP contribution >= 0.6 is 0 Å². The number of aromatic amines is 1. The summed E-state index contributed by atoms with van der Waals surface area (Å²) in [4.78, 5) is 35.8. The average Bonchev–Trinajstić information content (AvgIpc) is 3.51. The van der Waals surface area contributed by atoms with Crippen LogP contribution in [0.3, 0.4) is 0 Å². The van der Waals surface area contributed by atoms with Crippen molar-refractivity contribution in [2.45, 2.75) is 18.5 Å². The van der Waals surface area contributed by atoms with E-state index in [0.717, 1.165) is 40.3 Å². The number of carbonyl (C=O) groups excluding carboxylic acids is 2. The number of carbonyl (C=O) groups is 2. The Morgan fingerprint density at radius 3 is 1.98 bits per heavy atom. The van der Waals surface area contributed by atoms with Crippen molar-refractivity contribution >= 4 is 33.5 Å². The normalized spacial score (nSPS) is 14.6. The maximum Gasteiger partial charge on any atom is 0.252 e. The van der Waals surface area contributed by atoms with Gasteiger partial charge in [-0.25, -0.2) is 0 Å². The summed E-state index contributed by atoms with van der Waals surface area (Å²) >= 11 is 0. The van der Waals surface area contributed by atoms with Crippen LogP contribution in [-0.4, -0.2) is 58.8 Å². The van der Waals surface area contributed by atoms with Gasteiger partial charge in [-0.3, -0.25) is 14.5 Å². The smallest absolute Gasteiger partial charge is 0.252 e. The molecule has 224 valence electrons. The van der Waals surface area contributed by atoms with Crippen LogP contribution < -0.4 is 5.32 Å². The number of hydrogen-bond donors (Lipinski definition) is 2. The lowest BCUT2D eigenvalue weighted by molar-refractivity contribution is -0.135. The van der Waals surface area contributed by atoms with Crippen molar-refractivity contribution in [3.8, 4) is 0 Å². The molecule has 1 aliphatic heterocycles. The number of benzene rings is 5. The maximum atomic E-state index is 14.3. The van der Waals surface area contributed by atoms with Crippen LogP contribution in [0.1, 0.15) is 33.1 Å². The summed E-state index contributed by atoms with van der Waals surface area (Å²) in [6.07, 6.45) is 2.35. The molecule has 2 heterocycles. The van der Waals surface area contributed by atoms with Gasteiger partial charge in [0.2, 0.25) is 5.91 Å². The van der Waals surface area contributed by atoms with E-state index in [0.29, 0.717) is 25.1 Å². The van der Waals surface area contributed by atoms with Gasteiger partial charge >= 0.3 is 0 Å². The van der Waals surface area contributed by atoms with E-state index < -0.39 is 6.04 Å². The summed E-state index contributed by atoms with van der Waals surface area (Å²) < 4.78 is 0. The first-order chi connectivity index (χ1) is 22.2. The first kappa shape index (κ1) is 28.6. The summed E-state index contributed by atoms with van der Waals surface area (Å²) in [5, 5.41) is 6.08. The van der Waals surface area contributed by atoms with Crippen LogP contribution in [0.2, 0.25) is 0 Å². The van der Waals surface area contributed by atoms with Gasteiger partial charge in [0.05, 0.1) is 6.04 Å². The molecule has 1 aromatic heterocycles. The number of hydrogen-bond acceptors (Lipinski definition) is 3. The fourth-order valence-electron chi connectivity index (χ4n) is 6.69. The topological polar surface area (TPSA) is 68.4 Å². The van der Waals surface area contributed by atoms with Crippen LogP contribution in [-0.2, 0) is 11.2 Å². The molecule has 0 spiro atoms. The van der Waals surface area contributed by atoms with Gasteiger partial charge in [0.25, 0.3) is 5.91 Å². The van der Waals surface area contributed by atoms with Crippen LogP contribution in [0, 0.1) is 0 Å². The van der Waals surface area contributed by atoms with Crippen molar-refractivity contribution in [1.29, 1.82) is 0 Å². The van der Waals surface area contributed by atoms with Crippen molar-refractivity contribution < 1.29 is 9.59 Å². The van der Waals surface area contributed by atoms with Crippen molar-refractivity contribution in [1.82, 2.24) is 20.1 Å². The number of nitrogens with zero attached hydrogens (tertiary/aromatic N) is 2. The second-order valence-electron chi connectivity index (χ2n) is 11.7. The van der Waals surface area contributed by atoms with Gasteiger partial charge in [-0.2, -0.15) is 0 Å². The van der Waals surface area contributed by atoms with Gasteiger partial charge in [0.15, 0.2) is 0 Å². The first-order valence-electron chi connectivity index (χ1n) is 15.6. The molecule has 2 N–H and O–H groups in total. The molecule has 45 heavy (non-hydrogen) atoms. The Morgan fingerprint density at radius 2 is 1.27 bits per heavy atom. The standard InChI is InChI=1S/C39H36N4O2/c44-38(34-20-11-17-28-12-7-8-18-32(28)34)41-36(26-31-27-40-35-21-10-9-19-33(31)35)39(45)43-24-22-42(23-25-43)37(29-13-3-1-4-14-29)30-15-5-2-6-16-30/h1-21,27,36-37,40H,22-26H2,(H,41,44). The zero-order chi connectivity index (χ0) is 30.6. The molecule has 1 aliphatic rings. The summed E-state index contributed by atoms with van der Waals surface area (Å²) in [5.74, 6) is -0.290. The lowest BCUT2D eigenvalue weighted by atomic mass is 9.96.